The monoisotopic (exact) mass is 314 g/mol. The van der Waals surface area contributed by atoms with E-state index in [2.05, 4.69) is 6.58 Å². The Labute approximate surface area is 135 Å². The summed E-state index contributed by atoms with van der Waals surface area (Å²) in [4.78, 5) is 25.1. The molecule has 4 heteroatoms. The van der Waals surface area contributed by atoms with Crippen molar-refractivity contribution < 1.29 is 19.4 Å². The third-order valence-corrected chi connectivity index (χ3v) is 9.21. The predicted octanol–water partition coefficient (Wildman–Crippen LogP) is 2.78. The molecule has 0 aromatic rings. The molecule has 1 N–H and O–H groups in total. The molecule has 6 bridgehead atoms. The van der Waals surface area contributed by atoms with Gasteiger partial charge in [-0.05, 0) is 57.3 Å². The molecule has 122 valence electrons. The molecule has 2 spiro atoms. The number of hydrogen-bond donors (Lipinski definition) is 1. The Bertz CT molecular complexity index is 727. The number of rotatable bonds is 1. The van der Waals surface area contributed by atoms with Crippen molar-refractivity contribution >= 4 is 11.9 Å². The van der Waals surface area contributed by atoms with Gasteiger partial charge in [-0.25, -0.2) is 0 Å². The number of carboxylic acids is 1. The van der Waals surface area contributed by atoms with Crippen molar-refractivity contribution in [3.05, 3.63) is 12.2 Å². The number of carboxylic acid groups (broad SMARTS) is 1. The van der Waals surface area contributed by atoms with Crippen LogP contribution < -0.4 is 0 Å². The quantitative estimate of drug-likeness (QED) is 0.597. The minimum absolute atomic E-state index is 0.104. The molecular weight excluding hydrogens is 292 g/mol. The van der Waals surface area contributed by atoms with Crippen LogP contribution in [0.15, 0.2) is 12.2 Å². The SMILES string of the molecule is C=C1C2CCC34C1C3(C2)C(C(=O)O)C1C2(C)CCCC14OC2=O. The summed E-state index contributed by atoms with van der Waals surface area (Å²) in [7, 11) is 0. The van der Waals surface area contributed by atoms with Gasteiger partial charge in [-0.1, -0.05) is 12.2 Å². The second-order valence-corrected chi connectivity index (χ2v) is 9.30. The topological polar surface area (TPSA) is 63.6 Å². The standard InChI is InChI=1S/C19H22O4/c1-9-10-4-7-18-12(9)17(18,8-10)11(14(20)21)13-16(2)5-3-6-19(13,18)23-15(16)22/h10-13H,1,3-8H2,2H3,(H,20,21). The fourth-order valence-electron chi connectivity index (χ4n) is 8.91. The fraction of sp³-hybridized carbons (Fsp3) is 0.789. The molecule has 4 nitrogen and oxygen atoms in total. The molecule has 23 heavy (non-hydrogen) atoms. The largest absolute Gasteiger partial charge is 0.481 e. The summed E-state index contributed by atoms with van der Waals surface area (Å²) in [6.45, 7) is 6.32. The summed E-state index contributed by atoms with van der Waals surface area (Å²) in [5.41, 5.74) is -0.0989. The molecule has 0 radical (unpaired) electrons. The first kappa shape index (κ1) is 13.0. The van der Waals surface area contributed by atoms with Gasteiger partial charge in [-0.3, -0.25) is 9.59 Å². The molecule has 7 fully saturated rings. The second kappa shape index (κ2) is 3.12. The van der Waals surface area contributed by atoms with E-state index >= 15 is 0 Å². The van der Waals surface area contributed by atoms with Gasteiger partial charge in [0.15, 0.2) is 0 Å². The molecule has 0 aromatic heterocycles. The second-order valence-electron chi connectivity index (χ2n) is 9.30. The molecule has 1 saturated heterocycles. The summed E-state index contributed by atoms with van der Waals surface area (Å²) in [5, 5.41) is 10.2. The molecule has 6 aliphatic carbocycles. The van der Waals surface area contributed by atoms with Crippen LogP contribution >= 0.6 is 0 Å². The smallest absolute Gasteiger partial charge is 0.312 e. The zero-order valence-electron chi connectivity index (χ0n) is 13.4. The minimum Gasteiger partial charge on any atom is -0.481 e. The fourth-order valence-corrected chi connectivity index (χ4v) is 8.91. The van der Waals surface area contributed by atoms with Crippen LogP contribution in [-0.2, 0) is 14.3 Å². The van der Waals surface area contributed by atoms with E-state index in [9.17, 15) is 14.7 Å². The van der Waals surface area contributed by atoms with Gasteiger partial charge in [0.1, 0.15) is 5.60 Å². The van der Waals surface area contributed by atoms with E-state index in [0.717, 1.165) is 38.5 Å². The predicted molar refractivity (Wildman–Crippen MR) is 80.2 cm³/mol. The molecule has 0 amide bonds. The Hall–Kier alpha value is -1.32. The van der Waals surface area contributed by atoms with Crippen molar-refractivity contribution in [2.24, 2.45) is 39.9 Å². The lowest BCUT2D eigenvalue weighted by Crippen LogP contribution is -2.52. The third kappa shape index (κ3) is 0.878. The highest BCUT2D eigenvalue weighted by Crippen LogP contribution is 2.98. The highest BCUT2D eigenvalue weighted by Gasteiger charge is 3.00. The van der Waals surface area contributed by atoms with Crippen LogP contribution in [-0.4, -0.2) is 22.6 Å². The highest BCUT2D eigenvalue weighted by atomic mass is 16.6. The summed E-state index contributed by atoms with van der Waals surface area (Å²) >= 11 is 0. The van der Waals surface area contributed by atoms with Crippen LogP contribution in [0.5, 0.6) is 0 Å². The van der Waals surface area contributed by atoms with Gasteiger partial charge in [0.25, 0.3) is 0 Å². The Kier molecular flexibility index (Phi) is 1.77. The summed E-state index contributed by atoms with van der Waals surface area (Å²) in [6, 6.07) is 0. The Morgan fingerprint density at radius 1 is 1.35 bits per heavy atom. The molecule has 8 atom stereocenters. The normalized spacial score (nSPS) is 63.5. The van der Waals surface area contributed by atoms with Crippen LogP contribution in [0.2, 0.25) is 0 Å². The molecule has 7 aliphatic rings. The van der Waals surface area contributed by atoms with Crippen molar-refractivity contribution in [3.8, 4) is 0 Å². The zero-order chi connectivity index (χ0) is 16.0. The Morgan fingerprint density at radius 2 is 2.13 bits per heavy atom. The van der Waals surface area contributed by atoms with E-state index in [0.29, 0.717) is 11.8 Å². The molecule has 6 saturated carbocycles. The molecule has 7 rings (SSSR count). The maximum atomic E-state index is 12.8. The third-order valence-electron chi connectivity index (χ3n) is 9.21. The first-order chi connectivity index (χ1) is 10.9. The first-order valence-corrected chi connectivity index (χ1v) is 9.02. The Balaban J connectivity index is 1.66. The first-order valence-electron chi connectivity index (χ1n) is 9.02. The van der Waals surface area contributed by atoms with Crippen LogP contribution in [0.3, 0.4) is 0 Å². The van der Waals surface area contributed by atoms with Crippen LogP contribution in [0.25, 0.3) is 0 Å². The van der Waals surface area contributed by atoms with Crippen molar-refractivity contribution in [2.75, 3.05) is 0 Å². The minimum atomic E-state index is -0.703. The highest BCUT2D eigenvalue weighted by molar-refractivity contribution is 5.86. The molecule has 1 aliphatic heterocycles. The number of carbonyl (C=O) groups is 2. The van der Waals surface area contributed by atoms with Crippen LogP contribution in [0.4, 0.5) is 0 Å². The Morgan fingerprint density at radius 3 is 2.87 bits per heavy atom. The summed E-state index contributed by atoms with van der Waals surface area (Å²) in [6.07, 6.45) is 5.73. The van der Waals surface area contributed by atoms with Gasteiger partial charge >= 0.3 is 11.9 Å². The van der Waals surface area contributed by atoms with E-state index in [4.69, 9.17) is 4.74 Å². The number of esters is 1. The van der Waals surface area contributed by atoms with Crippen molar-refractivity contribution in [1.29, 1.82) is 0 Å². The number of hydrogen-bond acceptors (Lipinski definition) is 3. The van der Waals surface area contributed by atoms with Crippen molar-refractivity contribution in [2.45, 2.75) is 51.0 Å². The van der Waals surface area contributed by atoms with E-state index in [1.54, 1.807) is 0 Å². The molecule has 8 unspecified atom stereocenters. The zero-order valence-corrected chi connectivity index (χ0v) is 13.4. The van der Waals surface area contributed by atoms with Crippen molar-refractivity contribution in [1.82, 2.24) is 0 Å². The number of allylic oxidation sites excluding steroid dienone is 1. The maximum Gasteiger partial charge on any atom is 0.312 e. The van der Waals surface area contributed by atoms with Crippen LogP contribution in [0, 0.1) is 39.9 Å². The van der Waals surface area contributed by atoms with E-state index in [1.165, 1.54) is 5.57 Å². The molecular formula is C19H22O4. The van der Waals surface area contributed by atoms with Gasteiger partial charge in [0.05, 0.1) is 11.3 Å². The lowest BCUT2D eigenvalue weighted by molar-refractivity contribution is -0.161. The van der Waals surface area contributed by atoms with E-state index < -0.39 is 22.9 Å². The van der Waals surface area contributed by atoms with Crippen molar-refractivity contribution in [3.63, 3.8) is 0 Å². The average Bonchev–Trinajstić information content (AvgIpc) is 2.89. The lowest BCUT2D eigenvalue weighted by Gasteiger charge is -2.47. The van der Waals surface area contributed by atoms with Crippen LogP contribution in [0.1, 0.15) is 45.4 Å². The van der Waals surface area contributed by atoms with Gasteiger partial charge in [0.2, 0.25) is 0 Å². The number of ether oxygens (including phenoxy) is 1. The molecule has 0 aromatic carbocycles. The summed E-state index contributed by atoms with van der Waals surface area (Å²) in [5.74, 6) is -0.596. The van der Waals surface area contributed by atoms with Gasteiger partial charge in [-0.2, -0.15) is 0 Å². The van der Waals surface area contributed by atoms with E-state index in [1.807, 2.05) is 6.92 Å². The summed E-state index contributed by atoms with van der Waals surface area (Å²) < 4.78 is 6.19. The van der Waals surface area contributed by atoms with E-state index in [-0.39, 0.29) is 22.7 Å². The number of carbonyl (C=O) groups excluding carboxylic acids is 1. The van der Waals surface area contributed by atoms with Gasteiger partial charge < -0.3 is 9.84 Å². The van der Waals surface area contributed by atoms with Gasteiger partial charge in [0, 0.05) is 16.7 Å². The number of aliphatic carboxylic acids is 1. The number of fused-ring (bicyclic) bond motifs is 1. The maximum absolute atomic E-state index is 12.8. The average molecular weight is 314 g/mol. The lowest BCUT2D eigenvalue weighted by atomic mass is 9.55. The molecule has 1 heterocycles. The van der Waals surface area contributed by atoms with Gasteiger partial charge in [-0.15, -0.1) is 0 Å².